The van der Waals surface area contributed by atoms with E-state index in [2.05, 4.69) is 5.32 Å². The van der Waals surface area contributed by atoms with Crippen LogP contribution in [0, 0.1) is 10.1 Å². The van der Waals surface area contributed by atoms with Crippen molar-refractivity contribution in [1.82, 2.24) is 0 Å². The molecule has 1 N–H and O–H groups in total. The summed E-state index contributed by atoms with van der Waals surface area (Å²) in [5, 5.41) is 14.8. The van der Waals surface area contributed by atoms with E-state index in [4.69, 9.17) is 27.9 Å². The quantitative estimate of drug-likeness (QED) is 0.410. The number of nitrogens with one attached hydrogen (secondary N) is 1. The van der Waals surface area contributed by atoms with Gasteiger partial charge in [0, 0.05) is 5.56 Å². The van der Waals surface area contributed by atoms with Gasteiger partial charge in [0.2, 0.25) is 0 Å². The Morgan fingerprint density at radius 1 is 1.00 bits per heavy atom. The lowest BCUT2D eigenvalue weighted by molar-refractivity contribution is -0.384. The monoisotopic (exact) mass is 416 g/mol. The minimum atomic E-state index is -0.577. The van der Waals surface area contributed by atoms with E-state index in [-0.39, 0.29) is 23.7 Å². The van der Waals surface area contributed by atoms with E-state index in [1.54, 1.807) is 54.6 Å². The van der Waals surface area contributed by atoms with Crippen molar-refractivity contribution in [1.29, 1.82) is 0 Å². The normalized spacial score (nSPS) is 10.4. The number of amides is 1. The molecule has 0 aliphatic rings. The maximum Gasteiger partial charge on any atom is 0.296 e. The van der Waals surface area contributed by atoms with Gasteiger partial charge in [-0.3, -0.25) is 14.9 Å². The molecule has 0 aliphatic carbocycles. The van der Waals surface area contributed by atoms with E-state index < -0.39 is 10.8 Å². The molecule has 0 fully saturated rings. The second-order valence-corrected chi connectivity index (χ2v) is 6.61. The second kappa shape index (κ2) is 8.73. The number of ether oxygens (including phenoxy) is 1. The number of rotatable bonds is 6. The van der Waals surface area contributed by atoms with Crippen LogP contribution in [0.5, 0.6) is 5.75 Å². The van der Waals surface area contributed by atoms with Crippen LogP contribution in [0.4, 0.5) is 11.4 Å². The van der Waals surface area contributed by atoms with Gasteiger partial charge < -0.3 is 10.1 Å². The predicted molar refractivity (Wildman–Crippen MR) is 108 cm³/mol. The molecule has 0 radical (unpaired) electrons. The third kappa shape index (κ3) is 4.79. The minimum Gasteiger partial charge on any atom is -0.489 e. The topological polar surface area (TPSA) is 81.5 Å². The van der Waals surface area contributed by atoms with Gasteiger partial charge >= 0.3 is 0 Å². The lowest BCUT2D eigenvalue weighted by Gasteiger charge is -2.10. The van der Waals surface area contributed by atoms with Gasteiger partial charge in [0.1, 0.15) is 18.0 Å². The summed E-state index contributed by atoms with van der Waals surface area (Å²) in [6, 6.07) is 17.7. The summed E-state index contributed by atoms with van der Waals surface area (Å²) in [6.07, 6.45) is 0. The fourth-order valence-corrected chi connectivity index (χ4v) is 2.76. The molecule has 0 spiro atoms. The molecule has 3 aromatic carbocycles. The van der Waals surface area contributed by atoms with Crippen LogP contribution in [0.3, 0.4) is 0 Å². The Balaban J connectivity index is 1.76. The first-order chi connectivity index (χ1) is 13.4. The third-order valence-electron chi connectivity index (χ3n) is 3.84. The van der Waals surface area contributed by atoms with Crippen molar-refractivity contribution >= 4 is 40.5 Å². The van der Waals surface area contributed by atoms with Gasteiger partial charge in [-0.25, -0.2) is 0 Å². The zero-order valence-corrected chi connectivity index (χ0v) is 15.9. The molecule has 0 heterocycles. The van der Waals surface area contributed by atoms with Gasteiger partial charge in [-0.2, -0.15) is 0 Å². The van der Waals surface area contributed by atoms with Crippen molar-refractivity contribution in [3.8, 4) is 5.75 Å². The van der Waals surface area contributed by atoms with Gasteiger partial charge in [-0.05, 0) is 42.0 Å². The van der Waals surface area contributed by atoms with Crippen LogP contribution in [0.25, 0.3) is 0 Å². The highest BCUT2D eigenvalue weighted by atomic mass is 35.5. The number of benzene rings is 3. The summed E-state index contributed by atoms with van der Waals surface area (Å²) in [6.45, 7) is 0.157. The molecule has 1 amide bonds. The smallest absolute Gasteiger partial charge is 0.296 e. The number of anilines is 1. The van der Waals surface area contributed by atoms with Crippen molar-refractivity contribution < 1.29 is 14.5 Å². The van der Waals surface area contributed by atoms with Crippen LogP contribution in [0.15, 0.2) is 66.7 Å². The second-order valence-electron chi connectivity index (χ2n) is 5.79. The molecule has 0 aliphatic heterocycles. The van der Waals surface area contributed by atoms with E-state index in [1.165, 1.54) is 12.1 Å². The molecule has 0 saturated carbocycles. The average Bonchev–Trinajstić information content (AvgIpc) is 2.70. The molecule has 6 nitrogen and oxygen atoms in total. The molecule has 28 heavy (non-hydrogen) atoms. The summed E-state index contributed by atoms with van der Waals surface area (Å²) in [5.74, 6) is -0.149. The van der Waals surface area contributed by atoms with E-state index in [0.717, 1.165) is 5.56 Å². The van der Waals surface area contributed by atoms with Gasteiger partial charge in [0.15, 0.2) is 0 Å². The van der Waals surface area contributed by atoms with Crippen LogP contribution in [0.2, 0.25) is 10.0 Å². The number of nitro benzene ring substituents is 1. The zero-order chi connectivity index (χ0) is 20.1. The van der Waals surface area contributed by atoms with Crippen LogP contribution in [-0.4, -0.2) is 10.8 Å². The molecular weight excluding hydrogens is 403 g/mol. The molecule has 3 rings (SSSR count). The predicted octanol–water partition coefficient (Wildman–Crippen LogP) is 5.73. The molecule has 3 aromatic rings. The van der Waals surface area contributed by atoms with Gasteiger partial charge in [-0.1, -0.05) is 47.5 Å². The van der Waals surface area contributed by atoms with E-state index in [0.29, 0.717) is 15.6 Å². The summed E-state index contributed by atoms with van der Waals surface area (Å²) in [4.78, 5) is 23.1. The average molecular weight is 417 g/mol. The molecular formula is C20H14Cl2N2O4. The molecule has 0 bridgehead atoms. The maximum atomic E-state index is 12.3. The minimum absolute atomic E-state index is 0.0840. The first-order valence-electron chi connectivity index (χ1n) is 8.15. The number of carbonyl (C=O) groups excluding carboxylic acids is 1. The molecule has 0 unspecified atom stereocenters. The highest BCUT2D eigenvalue weighted by molar-refractivity contribution is 6.42. The van der Waals surface area contributed by atoms with Crippen molar-refractivity contribution in [3.63, 3.8) is 0 Å². The Hall–Kier alpha value is -3.09. The summed E-state index contributed by atoms with van der Waals surface area (Å²) in [7, 11) is 0. The first kappa shape index (κ1) is 19.7. The maximum absolute atomic E-state index is 12.3. The molecule has 142 valence electrons. The first-order valence-corrected chi connectivity index (χ1v) is 8.91. The third-order valence-corrected chi connectivity index (χ3v) is 4.58. The SMILES string of the molecule is O=C(Nc1ccc(OCc2ccc(Cl)c(Cl)c2)cc1[N+](=O)[O-])c1ccccc1. The van der Waals surface area contributed by atoms with Gasteiger partial charge in [0.05, 0.1) is 21.0 Å². The Labute approximate surface area is 170 Å². The fraction of sp³-hybridized carbons (Fsp3) is 0.0500. The highest BCUT2D eigenvalue weighted by Gasteiger charge is 2.18. The standard InChI is InChI=1S/C20H14Cl2N2O4/c21-16-8-6-13(10-17(16)22)12-28-15-7-9-18(19(11-15)24(26)27)23-20(25)14-4-2-1-3-5-14/h1-11H,12H2,(H,23,25). The van der Waals surface area contributed by atoms with Crippen molar-refractivity contribution in [2.24, 2.45) is 0 Å². The van der Waals surface area contributed by atoms with E-state index >= 15 is 0 Å². The lowest BCUT2D eigenvalue weighted by Crippen LogP contribution is -2.13. The van der Waals surface area contributed by atoms with Crippen LogP contribution in [0.1, 0.15) is 15.9 Å². The van der Waals surface area contributed by atoms with Crippen LogP contribution < -0.4 is 10.1 Å². The molecule has 0 saturated heterocycles. The molecule has 0 aromatic heterocycles. The summed E-state index contributed by atoms with van der Waals surface area (Å²) >= 11 is 11.8. The number of halogens is 2. The Bertz CT molecular complexity index is 1030. The molecule has 8 heteroatoms. The number of hydrogen-bond donors (Lipinski definition) is 1. The molecule has 0 atom stereocenters. The fourth-order valence-electron chi connectivity index (χ4n) is 2.44. The van der Waals surface area contributed by atoms with Gasteiger partial charge in [-0.15, -0.1) is 0 Å². The van der Waals surface area contributed by atoms with Crippen LogP contribution >= 0.6 is 23.2 Å². The number of carbonyl (C=O) groups is 1. The largest absolute Gasteiger partial charge is 0.489 e. The number of nitrogens with zero attached hydrogens (tertiary/aromatic N) is 1. The zero-order valence-electron chi connectivity index (χ0n) is 14.4. The van der Waals surface area contributed by atoms with Crippen molar-refractivity contribution in [3.05, 3.63) is 98.0 Å². The highest BCUT2D eigenvalue weighted by Crippen LogP contribution is 2.30. The Morgan fingerprint density at radius 3 is 2.43 bits per heavy atom. The lowest BCUT2D eigenvalue weighted by atomic mass is 10.2. The Kier molecular flexibility index (Phi) is 6.13. The summed E-state index contributed by atoms with van der Waals surface area (Å²) < 4.78 is 5.60. The van der Waals surface area contributed by atoms with Crippen molar-refractivity contribution in [2.45, 2.75) is 6.61 Å². The van der Waals surface area contributed by atoms with Crippen molar-refractivity contribution in [2.75, 3.05) is 5.32 Å². The van der Waals surface area contributed by atoms with E-state index in [1.807, 2.05) is 0 Å². The van der Waals surface area contributed by atoms with Crippen LogP contribution in [-0.2, 0) is 6.61 Å². The Morgan fingerprint density at radius 2 is 1.75 bits per heavy atom. The number of nitro groups is 1. The number of hydrogen-bond acceptors (Lipinski definition) is 4. The summed E-state index contributed by atoms with van der Waals surface area (Å²) in [5.41, 5.74) is 0.979. The van der Waals surface area contributed by atoms with Gasteiger partial charge in [0.25, 0.3) is 11.6 Å². The van der Waals surface area contributed by atoms with E-state index in [9.17, 15) is 14.9 Å².